The van der Waals surface area contributed by atoms with E-state index >= 15 is 0 Å². The number of rotatable bonds is 5. The lowest BCUT2D eigenvalue weighted by molar-refractivity contribution is -0.121. The number of hydrazine groups is 1. The fourth-order valence-electron chi connectivity index (χ4n) is 1.69. The second-order valence-corrected chi connectivity index (χ2v) is 4.67. The van der Waals surface area contributed by atoms with Crippen LogP contribution in [0.4, 0.5) is 0 Å². The quantitative estimate of drug-likeness (QED) is 0.675. The van der Waals surface area contributed by atoms with E-state index in [2.05, 4.69) is 27.7 Å². The van der Waals surface area contributed by atoms with E-state index in [0.29, 0.717) is 6.42 Å². The molecule has 1 fully saturated rings. The van der Waals surface area contributed by atoms with Crippen LogP contribution in [0.25, 0.3) is 0 Å². The Kier molecular flexibility index (Phi) is 5.73. The molecule has 0 aromatic rings. The second-order valence-electron chi connectivity index (χ2n) is 4.67. The van der Waals surface area contributed by atoms with Crippen LogP contribution >= 0.6 is 0 Å². The van der Waals surface area contributed by atoms with Crippen molar-refractivity contribution in [1.29, 1.82) is 0 Å². The van der Waals surface area contributed by atoms with Crippen LogP contribution in [0.5, 0.6) is 0 Å². The summed E-state index contributed by atoms with van der Waals surface area (Å²) in [5, 5.41) is 5.08. The predicted molar refractivity (Wildman–Crippen MR) is 65.0 cm³/mol. The molecule has 0 spiro atoms. The molecule has 1 aliphatic rings. The minimum atomic E-state index is 0.122. The molecular formula is C11H24N4O. The molecule has 0 aliphatic carbocycles. The van der Waals surface area contributed by atoms with Crippen molar-refractivity contribution in [3.05, 3.63) is 0 Å². The molecule has 1 aliphatic heterocycles. The van der Waals surface area contributed by atoms with Gasteiger partial charge in [-0.25, -0.2) is 5.01 Å². The van der Waals surface area contributed by atoms with Crippen molar-refractivity contribution in [2.75, 3.05) is 39.8 Å². The van der Waals surface area contributed by atoms with Gasteiger partial charge in [-0.15, -0.1) is 0 Å². The summed E-state index contributed by atoms with van der Waals surface area (Å²) in [6.45, 7) is 8.92. The Labute approximate surface area is 98.1 Å². The minimum Gasteiger partial charge on any atom is -0.354 e. The molecule has 94 valence electrons. The lowest BCUT2D eigenvalue weighted by Gasteiger charge is -2.32. The summed E-state index contributed by atoms with van der Waals surface area (Å²) in [7, 11) is 2.13. The monoisotopic (exact) mass is 228 g/mol. The Morgan fingerprint density at radius 2 is 1.88 bits per heavy atom. The zero-order chi connectivity index (χ0) is 12.0. The Hall–Kier alpha value is -0.650. The maximum absolute atomic E-state index is 11.4. The van der Waals surface area contributed by atoms with Crippen molar-refractivity contribution >= 4 is 5.91 Å². The average molecular weight is 228 g/mol. The third-order valence-corrected chi connectivity index (χ3v) is 2.64. The van der Waals surface area contributed by atoms with Gasteiger partial charge in [0, 0.05) is 45.2 Å². The van der Waals surface area contributed by atoms with Gasteiger partial charge in [0.05, 0.1) is 0 Å². The minimum absolute atomic E-state index is 0.122. The van der Waals surface area contributed by atoms with Crippen molar-refractivity contribution in [1.82, 2.24) is 20.7 Å². The fraction of sp³-hybridized carbons (Fsp3) is 0.909. The lowest BCUT2D eigenvalue weighted by atomic mass is 10.3. The average Bonchev–Trinajstić information content (AvgIpc) is 2.20. The summed E-state index contributed by atoms with van der Waals surface area (Å²) >= 11 is 0. The molecule has 0 aromatic carbocycles. The van der Waals surface area contributed by atoms with E-state index in [9.17, 15) is 4.79 Å². The Morgan fingerprint density at radius 3 is 2.44 bits per heavy atom. The van der Waals surface area contributed by atoms with E-state index < -0.39 is 0 Å². The highest BCUT2D eigenvalue weighted by Crippen LogP contribution is 1.95. The van der Waals surface area contributed by atoms with Gasteiger partial charge in [-0.2, -0.15) is 0 Å². The second kappa shape index (κ2) is 6.83. The molecule has 2 N–H and O–H groups in total. The number of amides is 1. The van der Waals surface area contributed by atoms with Gasteiger partial charge in [0.1, 0.15) is 0 Å². The number of hydrogen-bond donors (Lipinski definition) is 2. The zero-order valence-corrected chi connectivity index (χ0v) is 10.6. The van der Waals surface area contributed by atoms with E-state index in [-0.39, 0.29) is 11.9 Å². The maximum Gasteiger partial charge on any atom is 0.221 e. The maximum atomic E-state index is 11.4. The molecule has 1 rings (SSSR count). The van der Waals surface area contributed by atoms with Crippen LogP contribution in [0.3, 0.4) is 0 Å². The summed E-state index contributed by atoms with van der Waals surface area (Å²) in [4.78, 5) is 13.7. The summed E-state index contributed by atoms with van der Waals surface area (Å²) < 4.78 is 0. The SMILES string of the molecule is CC(C)NC(=O)CCNN1CCN(C)CC1. The molecule has 0 atom stereocenters. The first kappa shape index (κ1) is 13.4. The van der Waals surface area contributed by atoms with Gasteiger partial charge in [0.2, 0.25) is 5.91 Å². The Balaban J connectivity index is 2.04. The summed E-state index contributed by atoms with van der Waals surface area (Å²) in [5.41, 5.74) is 3.29. The van der Waals surface area contributed by atoms with E-state index in [1.807, 2.05) is 13.8 Å². The predicted octanol–water partition coefficient (Wildman–Crippen LogP) is -0.347. The number of nitrogens with zero attached hydrogens (tertiary/aromatic N) is 2. The van der Waals surface area contributed by atoms with Gasteiger partial charge in [-0.1, -0.05) is 0 Å². The molecule has 0 unspecified atom stereocenters. The number of carbonyl (C=O) groups excluding carboxylic acids is 1. The lowest BCUT2D eigenvalue weighted by Crippen LogP contribution is -2.51. The number of nitrogens with one attached hydrogen (secondary N) is 2. The van der Waals surface area contributed by atoms with Crippen molar-refractivity contribution in [2.24, 2.45) is 0 Å². The summed E-state index contributed by atoms with van der Waals surface area (Å²) in [5.74, 6) is 0.122. The van der Waals surface area contributed by atoms with Gasteiger partial charge in [0.15, 0.2) is 0 Å². The van der Waals surface area contributed by atoms with Crippen LogP contribution in [-0.2, 0) is 4.79 Å². The summed E-state index contributed by atoms with van der Waals surface area (Å²) in [6.07, 6.45) is 0.546. The van der Waals surface area contributed by atoms with Gasteiger partial charge in [-0.05, 0) is 20.9 Å². The molecule has 1 heterocycles. The third kappa shape index (κ3) is 5.44. The molecule has 0 aromatic heterocycles. The number of hydrogen-bond acceptors (Lipinski definition) is 4. The molecule has 1 saturated heterocycles. The number of likely N-dealkylation sites (N-methyl/N-ethyl adjacent to an activating group) is 1. The van der Waals surface area contributed by atoms with Gasteiger partial charge in [-0.3, -0.25) is 10.2 Å². The molecular weight excluding hydrogens is 204 g/mol. The highest BCUT2D eigenvalue weighted by Gasteiger charge is 2.13. The van der Waals surface area contributed by atoms with Gasteiger partial charge >= 0.3 is 0 Å². The first-order valence-electron chi connectivity index (χ1n) is 6.04. The third-order valence-electron chi connectivity index (χ3n) is 2.64. The molecule has 1 amide bonds. The molecule has 0 radical (unpaired) electrons. The standard InChI is InChI=1S/C11H24N4O/c1-10(2)13-11(16)4-5-12-15-8-6-14(3)7-9-15/h10,12H,4-9H2,1-3H3,(H,13,16). The molecule has 5 nitrogen and oxygen atoms in total. The Bertz CT molecular complexity index is 212. The highest BCUT2D eigenvalue weighted by atomic mass is 16.1. The molecule has 0 saturated carbocycles. The topological polar surface area (TPSA) is 47.6 Å². The van der Waals surface area contributed by atoms with E-state index in [1.165, 1.54) is 0 Å². The molecule has 5 heteroatoms. The van der Waals surface area contributed by atoms with E-state index in [0.717, 1.165) is 32.7 Å². The van der Waals surface area contributed by atoms with Crippen molar-refractivity contribution in [2.45, 2.75) is 26.3 Å². The summed E-state index contributed by atoms with van der Waals surface area (Å²) in [6, 6.07) is 0.233. The smallest absolute Gasteiger partial charge is 0.221 e. The Morgan fingerprint density at radius 1 is 1.25 bits per heavy atom. The van der Waals surface area contributed by atoms with Gasteiger partial charge in [0.25, 0.3) is 0 Å². The first-order valence-corrected chi connectivity index (χ1v) is 6.04. The van der Waals surface area contributed by atoms with E-state index in [1.54, 1.807) is 0 Å². The van der Waals surface area contributed by atoms with Crippen LogP contribution in [0, 0.1) is 0 Å². The van der Waals surface area contributed by atoms with Gasteiger partial charge < -0.3 is 10.2 Å². The van der Waals surface area contributed by atoms with Crippen molar-refractivity contribution < 1.29 is 4.79 Å². The van der Waals surface area contributed by atoms with Crippen LogP contribution in [-0.4, -0.2) is 61.6 Å². The van der Waals surface area contributed by atoms with Crippen LogP contribution < -0.4 is 10.7 Å². The van der Waals surface area contributed by atoms with E-state index in [4.69, 9.17) is 0 Å². The number of carbonyl (C=O) groups is 1. The number of piperazine rings is 1. The van der Waals surface area contributed by atoms with Crippen molar-refractivity contribution in [3.8, 4) is 0 Å². The van der Waals surface area contributed by atoms with Crippen molar-refractivity contribution in [3.63, 3.8) is 0 Å². The first-order chi connectivity index (χ1) is 7.58. The normalized spacial score (nSPS) is 19.0. The highest BCUT2D eigenvalue weighted by molar-refractivity contribution is 5.76. The van der Waals surface area contributed by atoms with Crippen LogP contribution in [0.1, 0.15) is 20.3 Å². The molecule has 16 heavy (non-hydrogen) atoms. The zero-order valence-electron chi connectivity index (χ0n) is 10.6. The fourth-order valence-corrected chi connectivity index (χ4v) is 1.69. The van der Waals surface area contributed by atoms with Crippen LogP contribution in [0.15, 0.2) is 0 Å². The largest absolute Gasteiger partial charge is 0.354 e. The molecule has 0 bridgehead atoms. The van der Waals surface area contributed by atoms with Crippen LogP contribution in [0.2, 0.25) is 0 Å².